The lowest BCUT2D eigenvalue weighted by Crippen LogP contribution is -2.52. The number of halogens is 3. The molecule has 0 aliphatic carbocycles. The van der Waals surface area contributed by atoms with E-state index in [0.29, 0.717) is 5.75 Å². The van der Waals surface area contributed by atoms with Crippen molar-refractivity contribution < 1.29 is 35.9 Å². The summed E-state index contributed by atoms with van der Waals surface area (Å²) in [6, 6.07) is 10.2. The maximum Gasteiger partial charge on any atom is 0.416 e. The standard InChI is InChI=1S/C27H36F3N3O5S/c1-19(25(35)31-26(2,3)4)32(18-20-10-7-13-23(16-20)38-5)24(34)14-9-15-33(39(6,36)37)22-12-8-11-21(17-22)27(28,29)30/h7-8,10-13,16-17,19H,9,14-15,18H2,1-6H3,(H,31,35)/t19-/m1/s1. The molecular weight excluding hydrogens is 535 g/mol. The van der Waals surface area contributed by atoms with Crippen molar-refractivity contribution in [1.82, 2.24) is 10.2 Å². The Morgan fingerprint density at radius 1 is 1.05 bits per heavy atom. The van der Waals surface area contributed by atoms with Gasteiger partial charge < -0.3 is 15.0 Å². The second-order valence-electron chi connectivity index (χ2n) is 10.3. The van der Waals surface area contributed by atoms with Crippen LogP contribution in [0.3, 0.4) is 0 Å². The van der Waals surface area contributed by atoms with Gasteiger partial charge in [0.25, 0.3) is 0 Å². The zero-order chi connectivity index (χ0) is 29.6. The molecule has 8 nitrogen and oxygen atoms in total. The number of hydrogen-bond acceptors (Lipinski definition) is 5. The molecule has 0 radical (unpaired) electrons. The van der Waals surface area contributed by atoms with E-state index in [1.807, 2.05) is 20.8 Å². The minimum Gasteiger partial charge on any atom is -0.497 e. The summed E-state index contributed by atoms with van der Waals surface area (Å²) in [6.07, 6.45) is -3.87. The fourth-order valence-electron chi connectivity index (χ4n) is 3.87. The highest BCUT2D eigenvalue weighted by Gasteiger charge is 2.32. The van der Waals surface area contributed by atoms with Gasteiger partial charge >= 0.3 is 6.18 Å². The first-order valence-corrected chi connectivity index (χ1v) is 14.2. The van der Waals surface area contributed by atoms with Gasteiger partial charge in [0.1, 0.15) is 11.8 Å². The minimum absolute atomic E-state index is 0.0182. The van der Waals surface area contributed by atoms with E-state index in [4.69, 9.17) is 4.74 Å². The molecule has 0 aliphatic heterocycles. The summed E-state index contributed by atoms with van der Waals surface area (Å²) in [4.78, 5) is 27.7. The van der Waals surface area contributed by atoms with Crippen molar-refractivity contribution in [3.63, 3.8) is 0 Å². The van der Waals surface area contributed by atoms with E-state index in [0.717, 1.165) is 34.3 Å². The average Bonchev–Trinajstić information content (AvgIpc) is 2.82. The Morgan fingerprint density at radius 2 is 1.69 bits per heavy atom. The molecule has 0 saturated heterocycles. The summed E-state index contributed by atoms with van der Waals surface area (Å²) >= 11 is 0. The molecule has 12 heteroatoms. The predicted octanol–water partition coefficient (Wildman–Crippen LogP) is 4.59. The fraction of sp³-hybridized carbons (Fsp3) is 0.481. The summed E-state index contributed by atoms with van der Waals surface area (Å²) in [7, 11) is -2.43. The van der Waals surface area contributed by atoms with Crippen LogP contribution >= 0.6 is 0 Å². The second kappa shape index (κ2) is 12.7. The number of carbonyl (C=O) groups excluding carboxylic acids is 2. The average molecular weight is 572 g/mol. The summed E-state index contributed by atoms with van der Waals surface area (Å²) in [5, 5.41) is 2.86. The molecule has 0 unspecified atom stereocenters. The summed E-state index contributed by atoms with van der Waals surface area (Å²) in [5.74, 6) is -0.191. The number of anilines is 1. The monoisotopic (exact) mass is 571 g/mol. The normalized spacial score (nSPS) is 12.9. The molecule has 216 valence electrons. The summed E-state index contributed by atoms with van der Waals surface area (Å²) < 4.78 is 70.5. The molecule has 1 atom stereocenters. The third-order valence-corrected chi connectivity index (χ3v) is 6.96. The van der Waals surface area contributed by atoms with Gasteiger partial charge in [-0.15, -0.1) is 0 Å². The van der Waals surface area contributed by atoms with Crippen molar-refractivity contribution in [3.05, 3.63) is 59.7 Å². The van der Waals surface area contributed by atoms with E-state index in [-0.39, 0.29) is 37.5 Å². The molecule has 2 rings (SSSR count). The molecule has 2 aromatic carbocycles. The number of nitrogens with zero attached hydrogens (tertiary/aromatic N) is 2. The van der Waals surface area contributed by atoms with Crippen LogP contribution in [0.25, 0.3) is 0 Å². The molecule has 0 heterocycles. The zero-order valence-corrected chi connectivity index (χ0v) is 23.8. The largest absolute Gasteiger partial charge is 0.497 e. The number of nitrogens with one attached hydrogen (secondary N) is 1. The first kappa shape index (κ1) is 31.9. The fourth-order valence-corrected chi connectivity index (χ4v) is 4.82. The van der Waals surface area contributed by atoms with E-state index in [1.54, 1.807) is 31.2 Å². The number of alkyl halides is 3. The Kier molecular flexibility index (Phi) is 10.4. The third-order valence-electron chi connectivity index (χ3n) is 5.77. The van der Waals surface area contributed by atoms with Crippen molar-refractivity contribution in [2.45, 2.75) is 64.8 Å². The number of carbonyl (C=O) groups is 2. The van der Waals surface area contributed by atoms with Crippen LogP contribution in [0.5, 0.6) is 5.75 Å². The van der Waals surface area contributed by atoms with Gasteiger partial charge in [-0.2, -0.15) is 13.2 Å². The molecule has 2 aromatic rings. The SMILES string of the molecule is COc1cccc(CN(C(=O)CCCN(c2cccc(C(F)(F)F)c2)S(C)(=O)=O)[C@H](C)C(=O)NC(C)(C)C)c1. The van der Waals surface area contributed by atoms with Crippen LogP contribution in [0, 0.1) is 0 Å². The topological polar surface area (TPSA) is 96.0 Å². The van der Waals surface area contributed by atoms with Crippen LogP contribution in [0.1, 0.15) is 51.7 Å². The Morgan fingerprint density at radius 3 is 2.26 bits per heavy atom. The van der Waals surface area contributed by atoms with Crippen LogP contribution < -0.4 is 14.4 Å². The van der Waals surface area contributed by atoms with E-state index in [9.17, 15) is 31.2 Å². The molecule has 2 amide bonds. The summed E-state index contributed by atoms with van der Waals surface area (Å²) in [6.45, 7) is 6.93. The molecule has 0 aromatic heterocycles. The highest BCUT2D eigenvalue weighted by molar-refractivity contribution is 7.92. The number of benzene rings is 2. The zero-order valence-electron chi connectivity index (χ0n) is 23.0. The second-order valence-corrected chi connectivity index (χ2v) is 12.2. The van der Waals surface area contributed by atoms with E-state index >= 15 is 0 Å². The van der Waals surface area contributed by atoms with E-state index in [2.05, 4.69) is 5.32 Å². The van der Waals surface area contributed by atoms with Gasteiger partial charge in [0.15, 0.2) is 0 Å². The smallest absolute Gasteiger partial charge is 0.416 e. The van der Waals surface area contributed by atoms with Gasteiger partial charge in [-0.1, -0.05) is 18.2 Å². The third kappa shape index (κ3) is 9.76. The van der Waals surface area contributed by atoms with Crippen LogP contribution in [0.4, 0.5) is 18.9 Å². The molecular formula is C27H36F3N3O5S. The number of methoxy groups -OCH3 is 1. The van der Waals surface area contributed by atoms with Gasteiger partial charge in [-0.05, 0) is 70.0 Å². The van der Waals surface area contributed by atoms with Crippen LogP contribution in [-0.2, 0) is 32.3 Å². The molecule has 0 spiro atoms. The number of sulfonamides is 1. The van der Waals surface area contributed by atoms with Gasteiger partial charge in [-0.25, -0.2) is 8.42 Å². The minimum atomic E-state index is -4.64. The lowest BCUT2D eigenvalue weighted by molar-refractivity contribution is -0.141. The molecule has 39 heavy (non-hydrogen) atoms. The lowest BCUT2D eigenvalue weighted by atomic mass is 10.1. The Balaban J connectivity index is 2.25. The molecule has 0 aliphatic rings. The molecule has 0 fully saturated rings. The Bertz CT molecular complexity index is 1260. The maximum atomic E-state index is 13.4. The van der Waals surface area contributed by atoms with Crippen molar-refractivity contribution in [3.8, 4) is 5.75 Å². The Hall–Kier alpha value is -3.28. The maximum absolute atomic E-state index is 13.4. The van der Waals surface area contributed by atoms with Crippen LogP contribution in [0.15, 0.2) is 48.5 Å². The summed E-state index contributed by atoms with van der Waals surface area (Å²) in [5.41, 5.74) is -0.935. The predicted molar refractivity (Wildman–Crippen MR) is 144 cm³/mol. The van der Waals surface area contributed by atoms with Gasteiger partial charge in [0.2, 0.25) is 21.8 Å². The number of hydrogen-bond donors (Lipinski definition) is 1. The molecule has 0 bridgehead atoms. The number of rotatable bonds is 11. The van der Waals surface area contributed by atoms with Crippen LogP contribution in [-0.4, -0.2) is 56.6 Å². The number of ether oxygens (including phenoxy) is 1. The van der Waals surface area contributed by atoms with Gasteiger partial charge in [0, 0.05) is 25.0 Å². The highest BCUT2D eigenvalue weighted by Crippen LogP contribution is 2.32. The number of amides is 2. The quantitative estimate of drug-likeness (QED) is 0.426. The van der Waals surface area contributed by atoms with Gasteiger partial charge in [-0.3, -0.25) is 13.9 Å². The lowest BCUT2D eigenvalue weighted by Gasteiger charge is -2.32. The van der Waals surface area contributed by atoms with E-state index < -0.39 is 39.3 Å². The van der Waals surface area contributed by atoms with E-state index in [1.165, 1.54) is 18.1 Å². The highest BCUT2D eigenvalue weighted by atomic mass is 32.2. The first-order chi connectivity index (χ1) is 17.9. The van der Waals surface area contributed by atoms with Crippen LogP contribution in [0.2, 0.25) is 0 Å². The van der Waals surface area contributed by atoms with Crippen molar-refractivity contribution in [2.24, 2.45) is 0 Å². The molecule has 0 saturated carbocycles. The van der Waals surface area contributed by atoms with Gasteiger partial charge in [0.05, 0.1) is 24.6 Å². The van der Waals surface area contributed by atoms with Crippen molar-refractivity contribution >= 4 is 27.5 Å². The van der Waals surface area contributed by atoms with Crippen molar-refractivity contribution in [1.29, 1.82) is 0 Å². The Labute approximate surface area is 228 Å². The first-order valence-electron chi connectivity index (χ1n) is 12.3. The molecule has 1 N–H and O–H groups in total. The van der Waals surface area contributed by atoms with Crippen molar-refractivity contribution in [2.75, 3.05) is 24.2 Å².